The van der Waals surface area contributed by atoms with Gasteiger partial charge in [-0.1, -0.05) is 127 Å². The minimum absolute atomic E-state index is 0.621. The van der Waals surface area contributed by atoms with Crippen LogP contribution >= 0.6 is 0 Å². The van der Waals surface area contributed by atoms with Crippen LogP contribution in [0.15, 0.2) is 144 Å². The Morgan fingerprint density at radius 2 is 1.11 bits per heavy atom. The first-order chi connectivity index (χ1) is 21.8. The molecular formula is C40H23N3O. The van der Waals surface area contributed by atoms with E-state index in [0.717, 1.165) is 71.3 Å². The third-order valence-electron chi connectivity index (χ3n) is 8.97. The molecule has 0 amide bonds. The number of benzene rings is 7. The highest BCUT2D eigenvalue weighted by Crippen LogP contribution is 2.46. The van der Waals surface area contributed by atoms with E-state index in [1.165, 1.54) is 16.2 Å². The highest BCUT2D eigenvalue weighted by atomic mass is 16.3. The molecule has 7 aromatic carbocycles. The summed E-state index contributed by atoms with van der Waals surface area (Å²) >= 11 is 0. The Bertz CT molecular complexity index is 2770. The lowest BCUT2D eigenvalue weighted by molar-refractivity contribution is 0.671. The first kappa shape index (κ1) is 23.6. The van der Waals surface area contributed by atoms with Gasteiger partial charge in [-0.3, -0.25) is 4.57 Å². The SMILES string of the molecule is c1ccc(-c2nc(-n3c4c5ccccc5ccc4c4c5ccccc5c5c6ccccc6oc5c43)nc3ccccc23)cc1. The van der Waals surface area contributed by atoms with E-state index in [9.17, 15) is 0 Å². The fourth-order valence-electron chi connectivity index (χ4n) is 7.12. The van der Waals surface area contributed by atoms with E-state index in [1.807, 2.05) is 18.2 Å². The van der Waals surface area contributed by atoms with Crippen LogP contribution in [0.2, 0.25) is 0 Å². The Morgan fingerprint density at radius 3 is 1.95 bits per heavy atom. The predicted molar refractivity (Wildman–Crippen MR) is 182 cm³/mol. The Labute approximate surface area is 251 Å². The van der Waals surface area contributed by atoms with Crippen LogP contribution < -0.4 is 0 Å². The quantitative estimate of drug-likeness (QED) is 0.211. The fraction of sp³-hybridized carbons (Fsp3) is 0. The maximum Gasteiger partial charge on any atom is 0.235 e. The zero-order chi connectivity index (χ0) is 28.8. The molecule has 0 N–H and O–H groups in total. The van der Waals surface area contributed by atoms with Crippen molar-refractivity contribution in [3.63, 3.8) is 0 Å². The third kappa shape index (κ3) is 3.11. The summed E-state index contributed by atoms with van der Waals surface area (Å²) in [6.45, 7) is 0. The molecule has 0 bridgehead atoms. The van der Waals surface area contributed by atoms with E-state index in [4.69, 9.17) is 14.4 Å². The number of aromatic nitrogens is 3. The Hall–Kier alpha value is -6.00. The molecule has 4 heteroatoms. The van der Waals surface area contributed by atoms with Crippen LogP contribution in [-0.4, -0.2) is 14.5 Å². The minimum atomic E-state index is 0.621. The number of fused-ring (bicyclic) bond motifs is 13. The van der Waals surface area contributed by atoms with Crippen LogP contribution in [0, 0.1) is 0 Å². The fourth-order valence-corrected chi connectivity index (χ4v) is 7.12. The van der Waals surface area contributed by atoms with Gasteiger partial charge in [0.25, 0.3) is 0 Å². The van der Waals surface area contributed by atoms with Crippen molar-refractivity contribution < 1.29 is 4.42 Å². The van der Waals surface area contributed by atoms with Gasteiger partial charge < -0.3 is 4.42 Å². The monoisotopic (exact) mass is 561 g/mol. The van der Waals surface area contributed by atoms with Crippen LogP contribution in [-0.2, 0) is 0 Å². The van der Waals surface area contributed by atoms with Crippen molar-refractivity contribution in [2.75, 3.05) is 0 Å². The molecule has 3 heterocycles. The summed E-state index contributed by atoms with van der Waals surface area (Å²) in [5, 5.41) is 10.2. The number of rotatable bonds is 2. The minimum Gasteiger partial charge on any atom is -0.454 e. The van der Waals surface area contributed by atoms with Crippen molar-refractivity contribution in [2.24, 2.45) is 0 Å². The zero-order valence-corrected chi connectivity index (χ0v) is 23.5. The zero-order valence-electron chi connectivity index (χ0n) is 23.5. The first-order valence-electron chi connectivity index (χ1n) is 14.9. The second kappa shape index (κ2) is 8.76. The van der Waals surface area contributed by atoms with Gasteiger partial charge >= 0.3 is 0 Å². The van der Waals surface area contributed by atoms with Crippen LogP contribution in [0.4, 0.5) is 0 Å². The molecule has 0 aliphatic heterocycles. The summed E-state index contributed by atoms with van der Waals surface area (Å²) in [6.07, 6.45) is 0. The summed E-state index contributed by atoms with van der Waals surface area (Å²) < 4.78 is 9.06. The molecule has 0 saturated heterocycles. The lowest BCUT2D eigenvalue weighted by Crippen LogP contribution is -2.04. The molecule has 0 saturated carbocycles. The van der Waals surface area contributed by atoms with Crippen molar-refractivity contribution in [3.05, 3.63) is 140 Å². The van der Waals surface area contributed by atoms with E-state index in [0.29, 0.717) is 5.95 Å². The molecule has 204 valence electrons. The second-order valence-electron chi connectivity index (χ2n) is 11.3. The van der Waals surface area contributed by atoms with Crippen molar-refractivity contribution in [1.82, 2.24) is 14.5 Å². The highest BCUT2D eigenvalue weighted by molar-refractivity contribution is 6.36. The molecule has 0 aliphatic carbocycles. The molecule has 0 radical (unpaired) electrons. The number of hydrogen-bond donors (Lipinski definition) is 0. The van der Waals surface area contributed by atoms with E-state index >= 15 is 0 Å². The Kier molecular flexibility index (Phi) is 4.69. The van der Waals surface area contributed by atoms with Crippen molar-refractivity contribution in [3.8, 4) is 17.2 Å². The summed E-state index contributed by atoms with van der Waals surface area (Å²) in [5.41, 5.74) is 6.62. The maximum absolute atomic E-state index is 6.80. The van der Waals surface area contributed by atoms with E-state index in [1.54, 1.807) is 0 Å². The molecule has 0 unspecified atom stereocenters. The van der Waals surface area contributed by atoms with E-state index in [-0.39, 0.29) is 0 Å². The molecule has 44 heavy (non-hydrogen) atoms. The topological polar surface area (TPSA) is 43.9 Å². The molecular weight excluding hydrogens is 538 g/mol. The number of furan rings is 1. The summed E-state index contributed by atoms with van der Waals surface area (Å²) in [6, 6.07) is 48.7. The lowest BCUT2D eigenvalue weighted by atomic mass is 9.98. The molecule has 10 rings (SSSR count). The average Bonchev–Trinajstić information content (AvgIpc) is 3.65. The third-order valence-corrected chi connectivity index (χ3v) is 8.97. The average molecular weight is 562 g/mol. The lowest BCUT2D eigenvalue weighted by Gasteiger charge is -2.13. The smallest absolute Gasteiger partial charge is 0.235 e. The predicted octanol–water partition coefficient (Wildman–Crippen LogP) is 10.6. The molecule has 0 atom stereocenters. The van der Waals surface area contributed by atoms with Gasteiger partial charge in [0.2, 0.25) is 5.95 Å². The van der Waals surface area contributed by atoms with Gasteiger partial charge in [0.15, 0.2) is 5.58 Å². The molecule has 10 aromatic rings. The number of para-hydroxylation sites is 2. The Balaban J connectivity index is 1.51. The summed E-state index contributed by atoms with van der Waals surface area (Å²) in [7, 11) is 0. The molecule has 3 aromatic heterocycles. The Morgan fingerprint density at radius 1 is 0.455 bits per heavy atom. The van der Waals surface area contributed by atoms with Crippen LogP contribution in [0.3, 0.4) is 0 Å². The van der Waals surface area contributed by atoms with Gasteiger partial charge in [0, 0.05) is 37.9 Å². The van der Waals surface area contributed by atoms with Crippen LogP contribution in [0.1, 0.15) is 0 Å². The molecule has 0 aliphatic rings. The van der Waals surface area contributed by atoms with Crippen molar-refractivity contribution >= 4 is 76.2 Å². The standard InChI is InChI=1S/C40H23N3O/c1-2-13-25(14-3-1)36-29-18-8-10-20-32(29)41-40(42-36)43-37-26-15-5-4-12-24(26)22-23-31(37)34-27-16-6-7-17-28(27)35-30-19-9-11-21-33(30)44-39(35)38(34)43/h1-23H. The van der Waals surface area contributed by atoms with Crippen LogP contribution in [0.25, 0.3) is 93.4 Å². The van der Waals surface area contributed by atoms with Gasteiger partial charge in [0.1, 0.15) is 11.1 Å². The summed E-state index contributed by atoms with van der Waals surface area (Å²) in [5.74, 6) is 0.621. The molecule has 4 nitrogen and oxygen atoms in total. The van der Waals surface area contributed by atoms with Crippen molar-refractivity contribution in [2.45, 2.75) is 0 Å². The largest absolute Gasteiger partial charge is 0.454 e. The maximum atomic E-state index is 6.80. The number of hydrogen-bond acceptors (Lipinski definition) is 3. The number of nitrogens with zero attached hydrogens (tertiary/aromatic N) is 3. The first-order valence-corrected chi connectivity index (χ1v) is 14.9. The van der Waals surface area contributed by atoms with Gasteiger partial charge in [-0.15, -0.1) is 0 Å². The van der Waals surface area contributed by atoms with Crippen LogP contribution in [0.5, 0.6) is 0 Å². The molecule has 0 fully saturated rings. The van der Waals surface area contributed by atoms with Gasteiger partial charge in [-0.25, -0.2) is 9.97 Å². The normalized spacial score (nSPS) is 12.1. The summed E-state index contributed by atoms with van der Waals surface area (Å²) in [4.78, 5) is 10.6. The second-order valence-corrected chi connectivity index (χ2v) is 11.3. The van der Waals surface area contributed by atoms with Gasteiger partial charge in [-0.2, -0.15) is 0 Å². The van der Waals surface area contributed by atoms with Crippen molar-refractivity contribution in [1.29, 1.82) is 0 Å². The highest BCUT2D eigenvalue weighted by Gasteiger charge is 2.25. The van der Waals surface area contributed by atoms with Gasteiger partial charge in [-0.05, 0) is 28.3 Å². The molecule has 0 spiro atoms. The van der Waals surface area contributed by atoms with E-state index < -0.39 is 0 Å². The van der Waals surface area contributed by atoms with E-state index in [2.05, 4.69) is 126 Å². The van der Waals surface area contributed by atoms with Gasteiger partial charge in [0.05, 0.1) is 16.7 Å².